The zero-order chi connectivity index (χ0) is 13.9. The molecule has 1 N–H and O–H groups in total. The van der Waals surface area contributed by atoms with Gasteiger partial charge in [-0.25, -0.2) is 0 Å². The standard InChI is InChI=1S/C16H15NO3/c1-11(14-7-4-8-19-14)17-16(18)13-9-12-5-2-3-6-15(12)20-10-13/h2-9,11H,10H2,1H3,(H,17,18). The lowest BCUT2D eigenvalue weighted by Crippen LogP contribution is -2.30. The molecule has 4 nitrogen and oxygen atoms in total. The molecule has 0 saturated carbocycles. The molecular formula is C16H15NO3. The minimum Gasteiger partial charge on any atom is -0.488 e. The van der Waals surface area contributed by atoms with E-state index in [0.29, 0.717) is 5.57 Å². The van der Waals surface area contributed by atoms with Crippen LogP contribution in [0.1, 0.15) is 24.3 Å². The zero-order valence-electron chi connectivity index (χ0n) is 11.1. The molecule has 1 aliphatic rings. The van der Waals surface area contributed by atoms with E-state index in [1.807, 2.05) is 43.3 Å². The summed E-state index contributed by atoms with van der Waals surface area (Å²) < 4.78 is 10.9. The molecule has 3 rings (SSSR count). The van der Waals surface area contributed by atoms with Crippen molar-refractivity contribution in [2.75, 3.05) is 6.61 Å². The third kappa shape index (κ3) is 2.45. The maximum Gasteiger partial charge on any atom is 0.251 e. The molecule has 0 fully saturated rings. The van der Waals surface area contributed by atoms with E-state index in [4.69, 9.17) is 9.15 Å². The fourth-order valence-corrected chi connectivity index (χ4v) is 2.15. The molecule has 4 heteroatoms. The van der Waals surface area contributed by atoms with Gasteiger partial charge in [0.25, 0.3) is 5.91 Å². The van der Waals surface area contributed by atoms with E-state index in [1.165, 1.54) is 0 Å². The predicted molar refractivity (Wildman–Crippen MR) is 75.2 cm³/mol. The predicted octanol–water partition coefficient (Wildman–Crippen LogP) is 2.93. The van der Waals surface area contributed by atoms with Crippen molar-refractivity contribution in [3.05, 3.63) is 59.6 Å². The Morgan fingerprint density at radius 1 is 1.25 bits per heavy atom. The third-order valence-electron chi connectivity index (χ3n) is 3.24. The Hall–Kier alpha value is -2.49. The first-order valence-corrected chi connectivity index (χ1v) is 6.51. The Morgan fingerprint density at radius 3 is 2.90 bits per heavy atom. The van der Waals surface area contributed by atoms with E-state index in [0.717, 1.165) is 17.1 Å². The van der Waals surface area contributed by atoms with Gasteiger partial charge in [-0.3, -0.25) is 4.79 Å². The molecule has 1 aromatic carbocycles. The molecule has 102 valence electrons. The fourth-order valence-electron chi connectivity index (χ4n) is 2.15. The second kappa shape index (κ2) is 5.25. The second-order valence-corrected chi connectivity index (χ2v) is 4.71. The van der Waals surface area contributed by atoms with Crippen LogP contribution in [-0.4, -0.2) is 12.5 Å². The van der Waals surface area contributed by atoms with Gasteiger partial charge in [0.1, 0.15) is 18.1 Å². The molecule has 0 aliphatic carbocycles. The van der Waals surface area contributed by atoms with Gasteiger partial charge in [0.2, 0.25) is 0 Å². The summed E-state index contributed by atoms with van der Waals surface area (Å²) in [5, 5.41) is 2.90. The molecule has 0 radical (unpaired) electrons. The van der Waals surface area contributed by atoms with Crippen LogP contribution in [-0.2, 0) is 4.79 Å². The van der Waals surface area contributed by atoms with E-state index in [-0.39, 0.29) is 18.6 Å². The van der Waals surface area contributed by atoms with Gasteiger partial charge in [-0.15, -0.1) is 0 Å². The van der Waals surface area contributed by atoms with Gasteiger partial charge < -0.3 is 14.5 Å². The summed E-state index contributed by atoms with van der Waals surface area (Å²) in [6.07, 6.45) is 3.46. The van der Waals surface area contributed by atoms with Crippen molar-refractivity contribution in [3.63, 3.8) is 0 Å². The Labute approximate surface area is 117 Å². The molecule has 1 atom stereocenters. The van der Waals surface area contributed by atoms with Gasteiger partial charge in [0.05, 0.1) is 17.9 Å². The lowest BCUT2D eigenvalue weighted by atomic mass is 10.1. The first-order valence-electron chi connectivity index (χ1n) is 6.51. The summed E-state index contributed by atoms with van der Waals surface area (Å²) in [6.45, 7) is 2.17. The molecule has 1 amide bonds. The Morgan fingerprint density at radius 2 is 2.10 bits per heavy atom. The number of furan rings is 1. The van der Waals surface area contributed by atoms with E-state index >= 15 is 0 Å². The van der Waals surface area contributed by atoms with Gasteiger partial charge >= 0.3 is 0 Å². The van der Waals surface area contributed by atoms with Crippen molar-refractivity contribution in [2.24, 2.45) is 0 Å². The molecule has 1 aromatic heterocycles. The lowest BCUT2D eigenvalue weighted by Gasteiger charge is -2.19. The molecular weight excluding hydrogens is 254 g/mol. The molecule has 1 aliphatic heterocycles. The molecule has 2 heterocycles. The van der Waals surface area contributed by atoms with Gasteiger partial charge in [-0.2, -0.15) is 0 Å². The highest BCUT2D eigenvalue weighted by atomic mass is 16.5. The van der Waals surface area contributed by atoms with Gasteiger partial charge in [0.15, 0.2) is 0 Å². The minimum absolute atomic E-state index is 0.136. The highest BCUT2D eigenvalue weighted by molar-refractivity contribution is 5.99. The summed E-state index contributed by atoms with van der Waals surface area (Å²) in [4.78, 5) is 12.2. The van der Waals surface area contributed by atoms with E-state index in [9.17, 15) is 4.79 Å². The van der Waals surface area contributed by atoms with Gasteiger partial charge in [0, 0.05) is 5.56 Å². The van der Waals surface area contributed by atoms with E-state index in [1.54, 1.807) is 12.3 Å². The second-order valence-electron chi connectivity index (χ2n) is 4.71. The highest BCUT2D eigenvalue weighted by Crippen LogP contribution is 2.26. The number of para-hydroxylation sites is 1. The SMILES string of the molecule is CC(NC(=O)C1=Cc2ccccc2OC1)c1ccco1. The van der Waals surface area contributed by atoms with Crippen LogP contribution in [0.25, 0.3) is 6.08 Å². The molecule has 1 unspecified atom stereocenters. The smallest absolute Gasteiger partial charge is 0.251 e. The largest absolute Gasteiger partial charge is 0.488 e. The number of ether oxygens (including phenoxy) is 1. The number of amides is 1. The van der Waals surface area contributed by atoms with Crippen LogP contribution in [0.15, 0.2) is 52.7 Å². The maximum atomic E-state index is 12.2. The third-order valence-corrected chi connectivity index (χ3v) is 3.24. The van der Waals surface area contributed by atoms with Crippen LogP contribution in [0.5, 0.6) is 5.75 Å². The van der Waals surface area contributed by atoms with Crippen LogP contribution in [0.2, 0.25) is 0 Å². The lowest BCUT2D eigenvalue weighted by molar-refractivity contribution is -0.118. The summed E-state index contributed by atoms with van der Waals surface area (Å²) in [5.74, 6) is 1.41. The Bertz CT molecular complexity index is 644. The van der Waals surface area contributed by atoms with Crippen molar-refractivity contribution >= 4 is 12.0 Å². The van der Waals surface area contributed by atoms with E-state index in [2.05, 4.69) is 5.32 Å². The normalized spacial score (nSPS) is 14.8. The van der Waals surface area contributed by atoms with Crippen molar-refractivity contribution in [2.45, 2.75) is 13.0 Å². The average molecular weight is 269 g/mol. The van der Waals surface area contributed by atoms with Crippen LogP contribution < -0.4 is 10.1 Å². The topological polar surface area (TPSA) is 51.5 Å². The quantitative estimate of drug-likeness (QED) is 0.932. The molecule has 0 spiro atoms. The minimum atomic E-state index is -0.171. The number of carbonyl (C=O) groups excluding carboxylic acids is 1. The summed E-state index contributed by atoms with van der Waals surface area (Å²) in [5.41, 5.74) is 1.54. The molecule has 0 bridgehead atoms. The summed E-state index contributed by atoms with van der Waals surface area (Å²) in [7, 11) is 0. The van der Waals surface area contributed by atoms with Crippen molar-refractivity contribution in [1.82, 2.24) is 5.32 Å². The molecule has 0 saturated heterocycles. The van der Waals surface area contributed by atoms with Crippen molar-refractivity contribution in [3.8, 4) is 5.75 Å². The number of nitrogens with one attached hydrogen (secondary N) is 1. The summed E-state index contributed by atoms with van der Waals surface area (Å²) in [6, 6.07) is 11.1. The first-order chi connectivity index (χ1) is 9.74. The number of hydrogen-bond acceptors (Lipinski definition) is 3. The number of benzene rings is 1. The van der Waals surface area contributed by atoms with Crippen molar-refractivity contribution in [1.29, 1.82) is 0 Å². The van der Waals surface area contributed by atoms with Crippen LogP contribution in [0.3, 0.4) is 0 Å². The highest BCUT2D eigenvalue weighted by Gasteiger charge is 2.19. The number of fused-ring (bicyclic) bond motifs is 1. The van der Waals surface area contributed by atoms with Gasteiger partial charge in [-0.1, -0.05) is 18.2 Å². The maximum absolute atomic E-state index is 12.2. The number of hydrogen-bond donors (Lipinski definition) is 1. The average Bonchev–Trinajstić information content (AvgIpc) is 3.01. The monoisotopic (exact) mass is 269 g/mol. The Kier molecular flexibility index (Phi) is 3.29. The molecule has 2 aromatic rings. The van der Waals surface area contributed by atoms with Crippen molar-refractivity contribution < 1.29 is 13.9 Å². The summed E-state index contributed by atoms with van der Waals surface area (Å²) >= 11 is 0. The number of carbonyl (C=O) groups is 1. The first kappa shape index (κ1) is 12.5. The number of rotatable bonds is 3. The van der Waals surface area contributed by atoms with Crippen LogP contribution in [0.4, 0.5) is 0 Å². The van der Waals surface area contributed by atoms with Crippen LogP contribution >= 0.6 is 0 Å². The fraction of sp³-hybridized carbons (Fsp3) is 0.188. The van der Waals surface area contributed by atoms with E-state index < -0.39 is 0 Å². The molecule has 20 heavy (non-hydrogen) atoms. The van der Waals surface area contributed by atoms with Gasteiger partial charge in [-0.05, 0) is 31.2 Å². The zero-order valence-corrected chi connectivity index (χ0v) is 11.1. The Balaban J connectivity index is 1.74. The van der Waals surface area contributed by atoms with Crippen LogP contribution in [0, 0.1) is 0 Å².